The van der Waals surface area contributed by atoms with Crippen molar-refractivity contribution in [2.75, 3.05) is 13.6 Å². The lowest BCUT2D eigenvalue weighted by Gasteiger charge is -2.08. The van der Waals surface area contributed by atoms with Gasteiger partial charge in [0.1, 0.15) is 0 Å². The molecule has 23 heavy (non-hydrogen) atoms. The van der Waals surface area contributed by atoms with E-state index in [9.17, 15) is 4.79 Å². The van der Waals surface area contributed by atoms with E-state index in [2.05, 4.69) is 23.5 Å². The van der Waals surface area contributed by atoms with Crippen LogP contribution in [0, 0.1) is 5.92 Å². The molecular formula is C20H35NO2. The molecule has 0 heterocycles. The molecule has 0 fully saturated rings. The van der Waals surface area contributed by atoms with E-state index in [1.807, 2.05) is 7.05 Å². The van der Waals surface area contributed by atoms with Crippen LogP contribution in [0.1, 0.15) is 77.0 Å². The van der Waals surface area contributed by atoms with Crippen LogP contribution in [0.2, 0.25) is 0 Å². The lowest BCUT2D eigenvalue weighted by molar-refractivity contribution is -0.136. The van der Waals surface area contributed by atoms with Crippen molar-refractivity contribution in [2.24, 2.45) is 5.92 Å². The molecule has 0 aliphatic heterocycles. The molecule has 0 saturated heterocycles. The lowest BCUT2D eigenvalue weighted by Crippen LogP contribution is -2.10. The fourth-order valence-corrected chi connectivity index (χ4v) is 3.29. The molecule has 0 saturated carbocycles. The Labute approximate surface area is 142 Å². The number of likely N-dealkylation sites (N-methyl/N-ethyl adjacent to an activating group) is 1. The van der Waals surface area contributed by atoms with E-state index in [1.54, 1.807) is 0 Å². The SMILES string of the molecule is CNC/C(=C\CCC(=O)O)CCCCCCCC[C@@H]1C=CCC1. The Bertz CT molecular complexity index is 374. The Hall–Kier alpha value is -1.09. The number of hydrogen-bond donors (Lipinski definition) is 2. The molecule has 0 amide bonds. The first kappa shape index (κ1) is 20.0. The third kappa shape index (κ3) is 11.1. The third-order valence-corrected chi connectivity index (χ3v) is 4.63. The second kappa shape index (κ2) is 13.4. The van der Waals surface area contributed by atoms with Crippen molar-refractivity contribution in [3.8, 4) is 0 Å². The fourth-order valence-electron chi connectivity index (χ4n) is 3.29. The molecule has 0 radical (unpaired) electrons. The Morgan fingerprint density at radius 3 is 2.57 bits per heavy atom. The number of unbranched alkanes of at least 4 members (excludes halogenated alkanes) is 5. The molecule has 0 unspecified atom stereocenters. The minimum Gasteiger partial charge on any atom is -0.481 e. The van der Waals surface area contributed by atoms with Gasteiger partial charge in [-0.25, -0.2) is 0 Å². The molecule has 0 aromatic heterocycles. The molecule has 0 bridgehead atoms. The van der Waals surface area contributed by atoms with E-state index in [-0.39, 0.29) is 6.42 Å². The van der Waals surface area contributed by atoms with Crippen LogP contribution in [0.4, 0.5) is 0 Å². The van der Waals surface area contributed by atoms with Gasteiger partial charge in [-0.2, -0.15) is 0 Å². The predicted octanol–water partition coefficient (Wildman–Crippen LogP) is 5.08. The number of rotatable bonds is 14. The second-order valence-electron chi connectivity index (χ2n) is 6.75. The zero-order chi connectivity index (χ0) is 16.8. The summed E-state index contributed by atoms with van der Waals surface area (Å²) in [7, 11) is 1.95. The largest absolute Gasteiger partial charge is 0.481 e. The van der Waals surface area contributed by atoms with Gasteiger partial charge in [0.05, 0.1) is 0 Å². The van der Waals surface area contributed by atoms with Crippen LogP contribution < -0.4 is 5.32 Å². The van der Waals surface area contributed by atoms with E-state index in [1.165, 1.54) is 63.4 Å². The van der Waals surface area contributed by atoms with Gasteiger partial charge in [0.25, 0.3) is 0 Å². The van der Waals surface area contributed by atoms with E-state index in [0.717, 1.165) is 18.9 Å². The average molecular weight is 322 g/mol. The summed E-state index contributed by atoms with van der Waals surface area (Å²) in [5, 5.41) is 11.9. The van der Waals surface area contributed by atoms with Crippen LogP contribution in [0.25, 0.3) is 0 Å². The topological polar surface area (TPSA) is 49.3 Å². The summed E-state index contributed by atoms with van der Waals surface area (Å²) in [4.78, 5) is 10.6. The highest BCUT2D eigenvalue weighted by Gasteiger charge is 2.07. The minimum atomic E-state index is -0.710. The summed E-state index contributed by atoms with van der Waals surface area (Å²) in [6, 6.07) is 0. The number of carboxylic acids is 1. The van der Waals surface area contributed by atoms with Crippen LogP contribution in [0.3, 0.4) is 0 Å². The highest BCUT2D eigenvalue weighted by atomic mass is 16.4. The minimum absolute atomic E-state index is 0.239. The van der Waals surface area contributed by atoms with Gasteiger partial charge in [0.15, 0.2) is 0 Å². The van der Waals surface area contributed by atoms with Crippen molar-refractivity contribution in [1.82, 2.24) is 5.32 Å². The van der Waals surface area contributed by atoms with Crippen molar-refractivity contribution < 1.29 is 9.90 Å². The monoisotopic (exact) mass is 321 g/mol. The van der Waals surface area contributed by atoms with Crippen LogP contribution in [0.5, 0.6) is 0 Å². The van der Waals surface area contributed by atoms with Gasteiger partial charge in [0.2, 0.25) is 0 Å². The highest BCUT2D eigenvalue weighted by molar-refractivity contribution is 5.66. The highest BCUT2D eigenvalue weighted by Crippen LogP contribution is 2.23. The Kier molecular flexibility index (Phi) is 11.6. The maximum atomic E-state index is 10.6. The summed E-state index contributed by atoms with van der Waals surface area (Å²) in [5.41, 5.74) is 1.36. The summed E-state index contributed by atoms with van der Waals surface area (Å²) in [5.74, 6) is 0.160. The van der Waals surface area contributed by atoms with Gasteiger partial charge < -0.3 is 10.4 Å². The number of carbonyl (C=O) groups is 1. The molecule has 3 nitrogen and oxygen atoms in total. The van der Waals surface area contributed by atoms with Gasteiger partial charge in [-0.15, -0.1) is 0 Å². The van der Waals surface area contributed by atoms with E-state index < -0.39 is 5.97 Å². The third-order valence-electron chi connectivity index (χ3n) is 4.63. The first-order valence-electron chi connectivity index (χ1n) is 9.43. The average Bonchev–Trinajstić information content (AvgIpc) is 3.02. The van der Waals surface area contributed by atoms with Gasteiger partial charge >= 0.3 is 5.97 Å². The number of hydrogen-bond acceptors (Lipinski definition) is 2. The van der Waals surface area contributed by atoms with Crippen molar-refractivity contribution in [3.63, 3.8) is 0 Å². The Balaban J connectivity index is 1.97. The lowest BCUT2D eigenvalue weighted by atomic mass is 9.99. The van der Waals surface area contributed by atoms with Crippen LogP contribution in [-0.4, -0.2) is 24.7 Å². The van der Waals surface area contributed by atoms with Gasteiger partial charge in [-0.3, -0.25) is 4.79 Å². The van der Waals surface area contributed by atoms with Crippen molar-refractivity contribution in [3.05, 3.63) is 23.8 Å². The quantitative estimate of drug-likeness (QED) is 0.346. The maximum absolute atomic E-state index is 10.6. The van der Waals surface area contributed by atoms with E-state index in [4.69, 9.17) is 5.11 Å². The summed E-state index contributed by atoms with van der Waals surface area (Å²) >= 11 is 0. The van der Waals surface area contributed by atoms with Crippen LogP contribution >= 0.6 is 0 Å². The maximum Gasteiger partial charge on any atom is 0.303 e. The first-order valence-corrected chi connectivity index (χ1v) is 9.43. The number of carboxylic acid groups (broad SMARTS) is 1. The van der Waals surface area contributed by atoms with Gasteiger partial charge in [0, 0.05) is 13.0 Å². The summed E-state index contributed by atoms with van der Waals surface area (Å²) < 4.78 is 0. The molecule has 1 rings (SSSR count). The molecule has 1 atom stereocenters. The molecule has 0 aromatic carbocycles. The normalized spacial score (nSPS) is 17.8. The zero-order valence-electron chi connectivity index (χ0n) is 14.9. The summed E-state index contributed by atoms with van der Waals surface area (Å²) in [6.45, 7) is 0.883. The van der Waals surface area contributed by atoms with Crippen molar-refractivity contribution in [2.45, 2.75) is 77.0 Å². The van der Waals surface area contributed by atoms with E-state index >= 15 is 0 Å². The molecule has 2 N–H and O–H groups in total. The molecular weight excluding hydrogens is 286 g/mol. The molecule has 1 aliphatic rings. The van der Waals surface area contributed by atoms with Crippen molar-refractivity contribution in [1.29, 1.82) is 0 Å². The summed E-state index contributed by atoms with van der Waals surface area (Å²) in [6.07, 6.45) is 20.9. The second-order valence-corrected chi connectivity index (χ2v) is 6.75. The molecule has 132 valence electrons. The first-order chi connectivity index (χ1) is 11.2. The number of aliphatic carboxylic acids is 1. The molecule has 3 heteroatoms. The zero-order valence-corrected chi connectivity index (χ0v) is 14.9. The van der Waals surface area contributed by atoms with Gasteiger partial charge in [-0.05, 0) is 51.5 Å². The number of allylic oxidation sites excluding steroid dienone is 3. The predicted molar refractivity (Wildman–Crippen MR) is 97.7 cm³/mol. The smallest absolute Gasteiger partial charge is 0.303 e. The Morgan fingerprint density at radius 2 is 1.91 bits per heavy atom. The fraction of sp³-hybridized carbons (Fsp3) is 0.750. The van der Waals surface area contributed by atoms with Crippen molar-refractivity contribution >= 4 is 5.97 Å². The van der Waals surface area contributed by atoms with Crippen LogP contribution in [0.15, 0.2) is 23.8 Å². The number of nitrogens with one attached hydrogen (secondary N) is 1. The molecule has 0 aromatic rings. The standard InChI is InChI=1S/C20H35NO2/c1-21-17-19(15-10-16-20(22)23)14-7-5-3-2-4-6-11-18-12-8-9-13-18/h8,12,15,18,21H,2-7,9-11,13-14,16-17H2,1H3,(H,22,23)/b19-15-/t18-/m1/s1. The molecule has 0 spiro atoms. The van der Waals surface area contributed by atoms with Crippen LogP contribution in [-0.2, 0) is 4.79 Å². The Morgan fingerprint density at radius 1 is 1.17 bits per heavy atom. The van der Waals surface area contributed by atoms with E-state index in [0.29, 0.717) is 6.42 Å². The molecule has 1 aliphatic carbocycles. The van der Waals surface area contributed by atoms with Gasteiger partial charge in [-0.1, -0.05) is 55.9 Å².